The molecule has 0 atom stereocenters. The number of nitrogens with one attached hydrogen (secondary N) is 2. The van der Waals surface area contributed by atoms with Crippen LogP contribution in [0.1, 0.15) is 15.9 Å². The van der Waals surface area contributed by atoms with Gasteiger partial charge < -0.3 is 9.47 Å². The van der Waals surface area contributed by atoms with Crippen molar-refractivity contribution in [1.82, 2.24) is 10.9 Å². The lowest BCUT2D eigenvalue weighted by Gasteiger charge is -2.13. The van der Waals surface area contributed by atoms with E-state index in [2.05, 4.69) is 26.8 Å². The van der Waals surface area contributed by atoms with Crippen LogP contribution in [0, 0.1) is 0 Å². The third kappa shape index (κ3) is 6.71. The van der Waals surface area contributed by atoms with Gasteiger partial charge in [0.1, 0.15) is 18.1 Å². The molecule has 0 spiro atoms. The molecule has 0 saturated heterocycles. The molecule has 7 heteroatoms. The highest BCUT2D eigenvalue weighted by Gasteiger charge is 2.14. The Balaban J connectivity index is 1.29. The number of ether oxygens (including phenoxy) is 2. The Morgan fingerprint density at radius 1 is 0.686 bits per heavy atom. The minimum Gasteiger partial charge on any atom is -0.488 e. The average Bonchev–Trinajstić information content (AvgIpc) is 2.91. The van der Waals surface area contributed by atoms with Gasteiger partial charge in [0, 0.05) is 0 Å². The molecule has 0 aliphatic rings. The number of hydrogen-bond acceptors (Lipinski definition) is 4. The van der Waals surface area contributed by atoms with Crippen molar-refractivity contribution in [3.05, 3.63) is 119 Å². The predicted octanol–water partition coefficient (Wildman–Crippen LogP) is 5.54. The summed E-state index contributed by atoms with van der Waals surface area (Å²) in [6.07, 6.45) is 0. The van der Waals surface area contributed by atoms with E-state index >= 15 is 0 Å². The van der Waals surface area contributed by atoms with E-state index in [0.717, 1.165) is 21.2 Å². The van der Waals surface area contributed by atoms with Gasteiger partial charge in [-0.25, -0.2) is 0 Å². The highest BCUT2D eigenvalue weighted by Crippen LogP contribution is 2.30. The number of amides is 2. The van der Waals surface area contributed by atoms with Crippen LogP contribution < -0.4 is 20.3 Å². The summed E-state index contributed by atoms with van der Waals surface area (Å²) in [5.41, 5.74) is 8.17. The quantitative estimate of drug-likeness (QED) is 0.293. The molecule has 0 fully saturated rings. The van der Waals surface area contributed by atoms with Crippen molar-refractivity contribution in [3.8, 4) is 22.6 Å². The number of para-hydroxylation sites is 1. The van der Waals surface area contributed by atoms with Gasteiger partial charge in [-0.3, -0.25) is 20.4 Å². The van der Waals surface area contributed by atoms with Crippen molar-refractivity contribution in [2.45, 2.75) is 6.61 Å². The summed E-state index contributed by atoms with van der Waals surface area (Å²) in [7, 11) is 0. The maximum Gasteiger partial charge on any atom is 0.276 e. The number of halogens is 1. The first-order chi connectivity index (χ1) is 17.1. The highest BCUT2D eigenvalue weighted by molar-refractivity contribution is 9.10. The van der Waals surface area contributed by atoms with Crippen molar-refractivity contribution < 1.29 is 19.1 Å². The maximum atomic E-state index is 12.6. The van der Waals surface area contributed by atoms with Crippen molar-refractivity contribution in [2.24, 2.45) is 0 Å². The van der Waals surface area contributed by atoms with E-state index < -0.39 is 11.8 Å². The van der Waals surface area contributed by atoms with Crippen LogP contribution in [0.4, 0.5) is 0 Å². The second-order valence-corrected chi connectivity index (χ2v) is 8.43. The Kier molecular flexibility index (Phi) is 8.14. The SMILES string of the molecule is O=C(COc1ccc(-c2ccccc2)cc1Br)NNC(=O)c1ccccc1OCc1ccccc1. The Morgan fingerprint density at radius 2 is 1.37 bits per heavy atom. The van der Waals surface area contributed by atoms with Gasteiger partial charge >= 0.3 is 0 Å². The maximum absolute atomic E-state index is 12.6. The molecule has 0 aromatic heterocycles. The fourth-order valence-electron chi connectivity index (χ4n) is 3.32. The van der Waals surface area contributed by atoms with Crippen LogP contribution in [-0.2, 0) is 11.4 Å². The normalized spacial score (nSPS) is 10.3. The van der Waals surface area contributed by atoms with Gasteiger partial charge in [-0.15, -0.1) is 0 Å². The molecule has 0 radical (unpaired) electrons. The second kappa shape index (κ2) is 11.9. The Labute approximate surface area is 212 Å². The largest absolute Gasteiger partial charge is 0.488 e. The molecule has 0 aliphatic heterocycles. The van der Waals surface area contributed by atoms with Gasteiger partial charge in [-0.05, 0) is 56.9 Å². The lowest BCUT2D eigenvalue weighted by molar-refractivity contribution is -0.123. The molecule has 35 heavy (non-hydrogen) atoms. The lowest BCUT2D eigenvalue weighted by Crippen LogP contribution is -2.43. The van der Waals surface area contributed by atoms with Crippen LogP contribution in [0.3, 0.4) is 0 Å². The average molecular weight is 531 g/mol. The summed E-state index contributed by atoms with van der Waals surface area (Å²) in [4.78, 5) is 24.9. The Morgan fingerprint density at radius 3 is 2.11 bits per heavy atom. The Hall–Kier alpha value is -4.10. The molecule has 4 aromatic rings. The number of carbonyl (C=O) groups is 2. The predicted molar refractivity (Wildman–Crippen MR) is 138 cm³/mol. The van der Waals surface area contributed by atoms with Gasteiger partial charge in [0.15, 0.2) is 6.61 Å². The van der Waals surface area contributed by atoms with Gasteiger partial charge in [-0.2, -0.15) is 0 Å². The van der Waals surface area contributed by atoms with Crippen molar-refractivity contribution in [1.29, 1.82) is 0 Å². The molecule has 2 N–H and O–H groups in total. The molecule has 0 bridgehead atoms. The van der Waals surface area contributed by atoms with E-state index in [1.54, 1.807) is 30.3 Å². The van der Waals surface area contributed by atoms with E-state index in [0.29, 0.717) is 23.7 Å². The van der Waals surface area contributed by atoms with Crippen LogP contribution >= 0.6 is 15.9 Å². The van der Waals surface area contributed by atoms with Gasteiger partial charge in [0.2, 0.25) is 0 Å². The third-order valence-corrected chi connectivity index (χ3v) is 5.70. The first-order valence-electron chi connectivity index (χ1n) is 10.9. The van der Waals surface area contributed by atoms with E-state index in [9.17, 15) is 9.59 Å². The monoisotopic (exact) mass is 530 g/mol. The number of hydrazine groups is 1. The standard InChI is InChI=1S/C28H23BrN2O4/c29-24-17-22(21-11-5-2-6-12-21)15-16-26(24)35-19-27(32)30-31-28(33)23-13-7-8-14-25(23)34-18-20-9-3-1-4-10-20/h1-17H,18-19H2,(H,30,32)(H,31,33). The molecule has 4 rings (SSSR count). The van der Waals surface area contributed by atoms with Crippen LogP contribution in [0.2, 0.25) is 0 Å². The third-order valence-electron chi connectivity index (χ3n) is 5.08. The topological polar surface area (TPSA) is 76.7 Å². The smallest absolute Gasteiger partial charge is 0.276 e. The molecule has 0 aliphatic carbocycles. The summed E-state index contributed by atoms with van der Waals surface area (Å²) in [6.45, 7) is 0.0546. The van der Waals surface area contributed by atoms with Gasteiger partial charge in [0.25, 0.3) is 11.8 Å². The number of hydrogen-bond donors (Lipinski definition) is 2. The van der Waals surface area contributed by atoms with E-state index in [-0.39, 0.29) is 6.61 Å². The summed E-state index contributed by atoms with van der Waals surface area (Å²) in [5.74, 6) is -0.0527. The van der Waals surface area contributed by atoms with Gasteiger partial charge in [-0.1, -0.05) is 78.9 Å². The molecule has 0 heterocycles. The van der Waals surface area contributed by atoms with Crippen molar-refractivity contribution in [2.75, 3.05) is 6.61 Å². The molecular formula is C28H23BrN2O4. The zero-order valence-electron chi connectivity index (χ0n) is 18.7. The summed E-state index contributed by atoms with van der Waals surface area (Å²) in [6, 6.07) is 32.1. The minimum absolute atomic E-state index is 0.268. The van der Waals surface area contributed by atoms with Crippen LogP contribution in [0.15, 0.2) is 108 Å². The van der Waals surface area contributed by atoms with Crippen molar-refractivity contribution in [3.63, 3.8) is 0 Å². The molecule has 176 valence electrons. The summed E-state index contributed by atoms with van der Waals surface area (Å²) < 4.78 is 12.1. The number of rotatable bonds is 8. The zero-order valence-corrected chi connectivity index (χ0v) is 20.3. The van der Waals surface area contributed by atoms with Gasteiger partial charge in [0.05, 0.1) is 10.0 Å². The fraction of sp³-hybridized carbons (Fsp3) is 0.0714. The first kappa shape index (κ1) is 24.0. The van der Waals surface area contributed by atoms with E-state index in [1.165, 1.54) is 0 Å². The minimum atomic E-state index is -0.500. The molecule has 4 aromatic carbocycles. The van der Waals surface area contributed by atoms with Crippen LogP contribution in [0.25, 0.3) is 11.1 Å². The number of carbonyl (C=O) groups excluding carboxylic acids is 2. The van der Waals surface area contributed by atoms with Crippen molar-refractivity contribution >= 4 is 27.7 Å². The lowest BCUT2D eigenvalue weighted by atomic mass is 10.1. The first-order valence-corrected chi connectivity index (χ1v) is 11.7. The molecule has 0 unspecified atom stereocenters. The second-order valence-electron chi connectivity index (χ2n) is 7.57. The molecule has 0 saturated carbocycles. The van der Waals surface area contributed by atoms with Crippen LogP contribution in [0.5, 0.6) is 11.5 Å². The molecule has 2 amide bonds. The summed E-state index contributed by atoms with van der Waals surface area (Å²) in [5, 5.41) is 0. The molecule has 6 nitrogen and oxygen atoms in total. The van der Waals surface area contributed by atoms with E-state index in [1.807, 2.05) is 72.8 Å². The zero-order chi connectivity index (χ0) is 24.5. The van der Waals surface area contributed by atoms with Crippen LogP contribution in [-0.4, -0.2) is 18.4 Å². The highest BCUT2D eigenvalue weighted by atomic mass is 79.9. The molecular weight excluding hydrogens is 508 g/mol. The number of benzene rings is 4. The Bertz CT molecular complexity index is 1300. The summed E-state index contributed by atoms with van der Waals surface area (Å²) >= 11 is 3.49. The fourth-order valence-corrected chi connectivity index (χ4v) is 3.81. The van der Waals surface area contributed by atoms with E-state index in [4.69, 9.17) is 9.47 Å².